The summed E-state index contributed by atoms with van der Waals surface area (Å²) in [6.07, 6.45) is -3.00. The molecule has 0 bridgehead atoms. The minimum absolute atomic E-state index is 0.0283. The lowest BCUT2D eigenvalue weighted by Crippen LogP contribution is -2.43. The molecule has 1 aliphatic rings. The summed E-state index contributed by atoms with van der Waals surface area (Å²) in [4.78, 5) is 30.2. The number of hydrogen-bond donors (Lipinski definition) is 1. The molecule has 1 fully saturated rings. The van der Waals surface area contributed by atoms with E-state index in [9.17, 15) is 23.3 Å². The molecule has 17 nitrogen and oxygen atoms in total. The number of aryl methyl sites for hydroxylation is 1. The van der Waals surface area contributed by atoms with Gasteiger partial charge in [-0.15, -0.1) is 0 Å². The van der Waals surface area contributed by atoms with E-state index in [2.05, 4.69) is 21.0 Å². The van der Waals surface area contributed by atoms with Crippen molar-refractivity contribution in [2.75, 3.05) is 51.9 Å². The number of nitrogens with zero attached hydrogens (tertiary/aromatic N) is 4. The third-order valence-electron chi connectivity index (χ3n) is 11.4. The Labute approximate surface area is 411 Å². The van der Waals surface area contributed by atoms with E-state index < -0.39 is 66.9 Å². The standard InChI is InChI=1S/C51H62N5O12PS/c1-35(2)56(36(3)4)69(66-30-12-28-52)68-47-45(33-65-51(39-13-10-9-11-14-39,40-17-21-42(61-7)22-18-40)41-19-23-43(62-8)24-20-41)67-49(55-29-27-46(53-38(6)57)54-50(55)58)48(47)64-34-63-31-32-70(59,60)44-25-15-37(5)16-26-44/h9-11,13-27,29,35-36,45,47-49H,12,30-34H2,1-8H3,(H,53,54,57,58)/t45-,47-,48-,49-,69?/m1/s1. The first-order chi connectivity index (χ1) is 33.6. The lowest BCUT2D eigenvalue weighted by molar-refractivity contribution is -0.136. The van der Waals surface area contributed by atoms with Gasteiger partial charge in [-0.1, -0.05) is 72.3 Å². The zero-order valence-electron chi connectivity index (χ0n) is 40.7. The smallest absolute Gasteiger partial charge is 0.351 e. The van der Waals surface area contributed by atoms with E-state index in [-0.39, 0.29) is 54.8 Å². The van der Waals surface area contributed by atoms with E-state index in [0.717, 1.165) is 22.3 Å². The van der Waals surface area contributed by atoms with Crippen molar-refractivity contribution in [3.05, 3.63) is 148 Å². The lowest BCUT2D eigenvalue weighted by Gasteiger charge is -2.39. The molecule has 374 valence electrons. The summed E-state index contributed by atoms with van der Waals surface area (Å²) in [6, 6.07) is 34.8. The predicted molar refractivity (Wildman–Crippen MR) is 264 cm³/mol. The van der Waals surface area contributed by atoms with Crippen LogP contribution in [0.15, 0.2) is 125 Å². The maximum absolute atomic E-state index is 14.0. The highest BCUT2D eigenvalue weighted by atomic mass is 32.2. The van der Waals surface area contributed by atoms with Gasteiger partial charge in [0, 0.05) is 25.2 Å². The zero-order valence-corrected chi connectivity index (χ0v) is 42.4. The van der Waals surface area contributed by atoms with E-state index in [1.54, 1.807) is 38.5 Å². The van der Waals surface area contributed by atoms with Crippen molar-refractivity contribution < 1.29 is 50.7 Å². The molecule has 5 atom stereocenters. The Kier molecular flexibility index (Phi) is 19.2. The van der Waals surface area contributed by atoms with Gasteiger partial charge < -0.3 is 42.8 Å². The number of carbonyl (C=O) groups is 1. The van der Waals surface area contributed by atoms with Crippen LogP contribution in [0.3, 0.4) is 0 Å². The molecular formula is C51H62N5O12PS. The van der Waals surface area contributed by atoms with E-state index in [0.29, 0.717) is 11.5 Å². The Hall–Kier alpha value is -5.58. The van der Waals surface area contributed by atoms with Crippen LogP contribution in [0.2, 0.25) is 0 Å². The van der Waals surface area contributed by atoms with Crippen LogP contribution in [-0.2, 0) is 48.2 Å². The topological polar surface area (TPSA) is 199 Å². The van der Waals surface area contributed by atoms with Crippen LogP contribution >= 0.6 is 8.53 Å². The summed E-state index contributed by atoms with van der Waals surface area (Å²) < 4.78 is 81.1. The van der Waals surface area contributed by atoms with Crippen LogP contribution < -0.4 is 20.5 Å². The number of benzene rings is 4. The van der Waals surface area contributed by atoms with E-state index in [1.165, 1.54) is 23.8 Å². The number of anilines is 1. The molecule has 6 rings (SSSR count). The predicted octanol–water partition coefficient (Wildman–Crippen LogP) is 7.93. The third kappa shape index (κ3) is 13.2. The molecule has 4 aromatic carbocycles. The molecule has 1 saturated heterocycles. The quantitative estimate of drug-likeness (QED) is 0.0256. The van der Waals surface area contributed by atoms with Gasteiger partial charge in [0.15, 0.2) is 16.1 Å². The van der Waals surface area contributed by atoms with Crippen LogP contribution in [0.5, 0.6) is 11.5 Å². The number of nitriles is 1. The molecule has 19 heteroatoms. The monoisotopic (exact) mass is 999 g/mol. The van der Waals surface area contributed by atoms with Gasteiger partial charge >= 0.3 is 5.69 Å². The fourth-order valence-corrected chi connectivity index (χ4v) is 11.0. The Bertz CT molecular complexity index is 2610. The highest BCUT2D eigenvalue weighted by Gasteiger charge is 2.52. The van der Waals surface area contributed by atoms with Gasteiger partial charge in [0.1, 0.15) is 48.0 Å². The largest absolute Gasteiger partial charge is 0.497 e. The molecule has 1 unspecified atom stereocenters. The average Bonchev–Trinajstić information content (AvgIpc) is 3.67. The van der Waals surface area contributed by atoms with Gasteiger partial charge in [0.2, 0.25) is 5.91 Å². The van der Waals surface area contributed by atoms with Crippen molar-refractivity contribution in [2.45, 2.75) is 95.1 Å². The van der Waals surface area contributed by atoms with E-state index in [4.69, 9.17) is 37.5 Å². The highest BCUT2D eigenvalue weighted by molar-refractivity contribution is 7.91. The fraction of sp³-hybridized carbons (Fsp3) is 0.412. The van der Waals surface area contributed by atoms with Crippen molar-refractivity contribution >= 4 is 30.1 Å². The van der Waals surface area contributed by atoms with Crippen LogP contribution in [0.4, 0.5) is 5.82 Å². The Morgan fingerprint density at radius 1 is 0.871 bits per heavy atom. The van der Waals surface area contributed by atoms with Gasteiger partial charge in [-0.2, -0.15) is 10.2 Å². The zero-order chi connectivity index (χ0) is 50.4. The molecule has 0 radical (unpaired) electrons. The minimum atomic E-state index is -3.71. The second kappa shape index (κ2) is 25.0. The van der Waals surface area contributed by atoms with Crippen LogP contribution in [0, 0.1) is 18.3 Å². The van der Waals surface area contributed by atoms with Gasteiger partial charge in [0.25, 0.3) is 8.53 Å². The third-order valence-corrected chi connectivity index (χ3v) is 15.2. The summed E-state index contributed by atoms with van der Waals surface area (Å²) in [6.45, 7) is 10.4. The molecular weight excluding hydrogens is 938 g/mol. The van der Waals surface area contributed by atoms with Gasteiger partial charge in [-0.25, -0.2) is 17.9 Å². The van der Waals surface area contributed by atoms with Gasteiger partial charge in [-0.3, -0.25) is 9.36 Å². The first-order valence-electron chi connectivity index (χ1n) is 22.9. The summed E-state index contributed by atoms with van der Waals surface area (Å²) in [7, 11) is -2.49. The first-order valence-corrected chi connectivity index (χ1v) is 25.6. The second-order valence-corrected chi connectivity index (χ2v) is 20.5. The summed E-state index contributed by atoms with van der Waals surface area (Å²) >= 11 is 0. The lowest BCUT2D eigenvalue weighted by atomic mass is 9.80. The summed E-state index contributed by atoms with van der Waals surface area (Å²) in [5.41, 5.74) is 1.13. The minimum Gasteiger partial charge on any atom is -0.497 e. The number of nitrogens with one attached hydrogen (secondary N) is 1. The fourth-order valence-electron chi connectivity index (χ4n) is 8.12. The Morgan fingerprint density at radius 3 is 2.01 bits per heavy atom. The maximum atomic E-state index is 14.0. The molecule has 0 saturated carbocycles. The average molecular weight is 1000 g/mol. The molecule has 1 N–H and O–H groups in total. The van der Waals surface area contributed by atoms with Crippen molar-refractivity contribution in [3.8, 4) is 17.6 Å². The number of rotatable bonds is 25. The Morgan fingerprint density at radius 2 is 1.47 bits per heavy atom. The molecule has 0 spiro atoms. The number of sulfone groups is 1. The van der Waals surface area contributed by atoms with E-state index in [1.807, 2.05) is 113 Å². The van der Waals surface area contributed by atoms with Crippen molar-refractivity contribution in [1.29, 1.82) is 5.26 Å². The number of amides is 1. The second-order valence-electron chi connectivity index (χ2n) is 17.0. The number of aromatic nitrogens is 2. The Balaban J connectivity index is 1.46. The summed E-state index contributed by atoms with van der Waals surface area (Å²) in [5, 5.41) is 12.1. The highest BCUT2D eigenvalue weighted by Crippen LogP contribution is 2.51. The SMILES string of the molecule is COc1ccc(C(OC[C@H]2O[C@@H](n3ccc(NC(C)=O)nc3=O)[C@H](OCOCCS(=O)(=O)c3ccc(C)cc3)[C@@H]2OP(OCCC#N)N(C(C)C)C(C)C)(c2ccccc2)c2ccc(OC)cc2)cc1. The number of carbonyl (C=O) groups excluding carboxylic acids is 1. The molecule has 0 aliphatic carbocycles. The van der Waals surface area contributed by atoms with Crippen LogP contribution in [-0.4, -0.2) is 106 Å². The number of ether oxygens (including phenoxy) is 6. The number of methoxy groups -OCH3 is 2. The normalized spacial score (nSPS) is 17.7. The maximum Gasteiger partial charge on any atom is 0.351 e. The van der Waals surface area contributed by atoms with E-state index >= 15 is 0 Å². The summed E-state index contributed by atoms with van der Waals surface area (Å²) in [5.74, 6) is 0.552. The van der Waals surface area contributed by atoms with Crippen LogP contribution in [0.25, 0.3) is 0 Å². The van der Waals surface area contributed by atoms with Crippen molar-refractivity contribution in [3.63, 3.8) is 0 Å². The first kappa shape index (κ1) is 53.8. The molecule has 70 heavy (non-hydrogen) atoms. The molecule has 1 aliphatic heterocycles. The van der Waals surface area contributed by atoms with Crippen LogP contribution in [0.1, 0.15) is 69.5 Å². The molecule has 5 aromatic rings. The van der Waals surface area contributed by atoms with Gasteiger partial charge in [-0.05, 0) is 93.8 Å². The van der Waals surface area contributed by atoms with Crippen molar-refractivity contribution in [1.82, 2.24) is 14.2 Å². The molecule has 1 amide bonds. The molecule has 2 heterocycles. The molecule has 1 aromatic heterocycles. The van der Waals surface area contributed by atoms with Crippen molar-refractivity contribution in [2.24, 2.45) is 0 Å². The van der Waals surface area contributed by atoms with Gasteiger partial charge in [0.05, 0.1) is 57.2 Å². The number of hydrogen-bond acceptors (Lipinski definition) is 15.